The summed E-state index contributed by atoms with van der Waals surface area (Å²) in [6, 6.07) is 3.76. The van der Waals surface area contributed by atoms with E-state index in [0.717, 1.165) is 14.5 Å². The molecule has 16 heavy (non-hydrogen) atoms. The summed E-state index contributed by atoms with van der Waals surface area (Å²) in [5.74, 6) is 0.268. The van der Waals surface area contributed by atoms with Crippen LogP contribution >= 0.6 is 31.9 Å². The fourth-order valence-electron chi connectivity index (χ4n) is 1.12. The predicted octanol–water partition coefficient (Wildman–Crippen LogP) is 1.92. The minimum atomic E-state index is -0.383. The molecule has 4 nitrogen and oxygen atoms in total. The Balaban J connectivity index is 2.76. The summed E-state index contributed by atoms with van der Waals surface area (Å²) in [5, 5.41) is 0. The summed E-state index contributed by atoms with van der Waals surface area (Å²) >= 11 is 6.76. The molecule has 0 saturated carbocycles. The second-order valence-corrected chi connectivity index (χ2v) is 4.87. The van der Waals surface area contributed by atoms with Crippen LogP contribution in [0.2, 0.25) is 0 Å². The maximum Gasteiger partial charge on any atom is 0.220 e. The normalized spacial score (nSPS) is 10.2. The van der Waals surface area contributed by atoms with E-state index < -0.39 is 0 Å². The van der Waals surface area contributed by atoms with Gasteiger partial charge in [0.2, 0.25) is 5.91 Å². The summed E-state index contributed by atoms with van der Waals surface area (Å²) in [6.45, 7) is 0.716. The van der Waals surface area contributed by atoms with E-state index in [1.165, 1.54) is 0 Å². The van der Waals surface area contributed by atoms with Crippen LogP contribution < -0.4 is 16.2 Å². The highest BCUT2D eigenvalue weighted by Crippen LogP contribution is 2.34. The highest BCUT2D eigenvalue weighted by atomic mass is 79.9. The average Bonchev–Trinajstić information content (AvgIpc) is 2.21. The van der Waals surface area contributed by atoms with Gasteiger partial charge in [0.05, 0.1) is 22.0 Å². The van der Waals surface area contributed by atoms with Crippen molar-refractivity contribution in [3.63, 3.8) is 0 Å². The average molecular weight is 352 g/mol. The number of nitrogens with two attached hydrogens (primary N) is 2. The van der Waals surface area contributed by atoms with Crippen molar-refractivity contribution in [2.24, 2.45) is 11.5 Å². The monoisotopic (exact) mass is 350 g/mol. The molecule has 0 fully saturated rings. The van der Waals surface area contributed by atoms with Crippen LogP contribution in [0.1, 0.15) is 12.0 Å². The molecule has 4 N–H and O–H groups in total. The van der Waals surface area contributed by atoms with Crippen molar-refractivity contribution in [1.82, 2.24) is 0 Å². The van der Waals surface area contributed by atoms with Gasteiger partial charge in [-0.05, 0) is 49.6 Å². The van der Waals surface area contributed by atoms with Gasteiger partial charge in [0.1, 0.15) is 5.75 Å². The van der Waals surface area contributed by atoms with Crippen LogP contribution in [-0.2, 0) is 11.3 Å². The molecule has 1 aromatic carbocycles. The van der Waals surface area contributed by atoms with E-state index in [9.17, 15) is 4.79 Å². The number of rotatable bonds is 5. The maximum absolute atomic E-state index is 10.6. The largest absolute Gasteiger partial charge is 0.491 e. The Kier molecular flexibility index (Phi) is 5.24. The molecule has 0 aliphatic carbocycles. The minimum absolute atomic E-state index is 0.192. The molecule has 0 aliphatic heterocycles. The second kappa shape index (κ2) is 6.22. The van der Waals surface area contributed by atoms with Crippen molar-refractivity contribution in [2.75, 3.05) is 6.61 Å². The van der Waals surface area contributed by atoms with E-state index in [4.69, 9.17) is 16.2 Å². The van der Waals surface area contributed by atoms with E-state index in [2.05, 4.69) is 31.9 Å². The molecule has 0 spiro atoms. The Bertz CT molecular complexity index is 373. The molecule has 1 aromatic rings. The fraction of sp³-hybridized carbons (Fsp3) is 0.300. The van der Waals surface area contributed by atoms with Crippen LogP contribution in [-0.4, -0.2) is 12.5 Å². The molecule has 6 heteroatoms. The molecule has 0 heterocycles. The topological polar surface area (TPSA) is 78.3 Å². The van der Waals surface area contributed by atoms with Crippen LogP contribution in [0, 0.1) is 0 Å². The number of ether oxygens (including phenoxy) is 1. The van der Waals surface area contributed by atoms with Crippen molar-refractivity contribution in [3.05, 3.63) is 26.6 Å². The lowest BCUT2D eigenvalue weighted by Gasteiger charge is -2.11. The van der Waals surface area contributed by atoms with E-state index >= 15 is 0 Å². The van der Waals surface area contributed by atoms with Crippen molar-refractivity contribution in [2.45, 2.75) is 13.0 Å². The number of amides is 1. The number of hydrogen-bond acceptors (Lipinski definition) is 3. The first kappa shape index (κ1) is 13.5. The minimum Gasteiger partial charge on any atom is -0.491 e. The first-order valence-electron chi connectivity index (χ1n) is 4.63. The van der Waals surface area contributed by atoms with Gasteiger partial charge in [0.15, 0.2) is 0 Å². The number of hydrogen-bond donors (Lipinski definition) is 2. The quantitative estimate of drug-likeness (QED) is 0.850. The Morgan fingerprint density at radius 1 is 1.31 bits per heavy atom. The Labute approximate surface area is 111 Å². The van der Waals surface area contributed by atoms with Gasteiger partial charge in [-0.3, -0.25) is 4.79 Å². The van der Waals surface area contributed by atoms with E-state index in [0.29, 0.717) is 12.3 Å². The number of halogens is 2. The van der Waals surface area contributed by atoms with E-state index in [-0.39, 0.29) is 18.9 Å². The summed E-state index contributed by atoms with van der Waals surface area (Å²) in [7, 11) is 0. The molecule has 0 aliphatic rings. The molecular weight excluding hydrogens is 340 g/mol. The van der Waals surface area contributed by atoms with Crippen LogP contribution in [0.5, 0.6) is 5.75 Å². The molecule has 0 aromatic heterocycles. The van der Waals surface area contributed by atoms with Gasteiger partial charge in [-0.15, -0.1) is 0 Å². The number of carbonyl (C=O) groups is 1. The third-order valence-electron chi connectivity index (χ3n) is 1.89. The summed E-state index contributed by atoms with van der Waals surface area (Å²) in [4.78, 5) is 10.6. The van der Waals surface area contributed by atoms with Crippen molar-refractivity contribution >= 4 is 37.8 Å². The maximum atomic E-state index is 10.6. The molecule has 0 unspecified atom stereocenters. The summed E-state index contributed by atoms with van der Waals surface area (Å²) in [5.41, 5.74) is 11.5. The summed E-state index contributed by atoms with van der Waals surface area (Å²) in [6.07, 6.45) is 0.192. The highest BCUT2D eigenvalue weighted by Gasteiger charge is 2.08. The lowest BCUT2D eigenvalue weighted by molar-refractivity contribution is -0.118. The Morgan fingerprint density at radius 3 is 2.31 bits per heavy atom. The number of primary amides is 1. The van der Waals surface area contributed by atoms with E-state index in [1.54, 1.807) is 0 Å². The van der Waals surface area contributed by atoms with Crippen LogP contribution in [0.25, 0.3) is 0 Å². The predicted molar refractivity (Wildman–Crippen MR) is 69.0 cm³/mol. The zero-order valence-electron chi connectivity index (χ0n) is 8.50. The first-order chi connectivity index (χ1) is 7.54. The molecule has 88 valence electrons. The summed E-state index contributed by atoms with van der Waals surface area (Å²) < 4.78 is 7.04. The molecule has 0 saturated heterocycles. The SMILES string of the molecule is NCc1cc(Br)c(OCCC(N)=O)c(Br)c1. The molecule has 0 bridgehead atoms. The molecule has 1 amide bonds. The highest BCUT2D eigenvalue weighted by molar-refractivity contribution is 9.11. The number of benzene rings is 1. The van der Waals surface area contributed by atoms with Gasteiger partial charge in [-0.25, -0.2) is 0 Å². The van der Waals surface area contributed by atoms with Gasteiger partial charge in [0.25, 0.3) is 0 Å². The third kappa shape index (κ3) is 3.77. The van der Waals surface area contributed by atoms with Gasteiger partial charge < -0.3 is 16.2 Å². The van der Waals surface area contributed by atoms with Gasteiger partial charge in [-0.2, -0.15) is 0 Å². The molecular formula is C10H12Br2N2O2. The second-order valence-electron chi connectivity index (χ2n) is 3.16. The van der Waals surface area contributed by atoms with Crippen LogP contribution in [0.3, 0.4) is 0 Å². The fourth-order valence-corrected chi connectivity index (χ4v) is 2.63. The molecule has 0 radical (unpaired) electrons. The van der Waals surface area contributed by atoms with Crippen LogP contribution in [0.4, 0.5) is 0 Å². The third-order valence-corrected chi connectivity index (χ3v) is 3.07. The molecule has 0 atom stereocenters. The van der Waals surface area contributed by atoms with Gasteiger partial charge in [0, 0.05) is 6.54 Å². The lowest BCUT2D eigenvalue weighted by Crippen LogP contribution is -2.14. The van der Waals surface area contributed by atoms with Crippen molar-refractivity contribution in [3.8, 4) is 5.75 Å². The van der Waals surface area contributed by atoms with E-state index in [1.807, 2.05) is 12.1 Å². The van der Waals surface area contributed by atoms with Crippen molar-refractivity contribution in [1.29, 1.82) is 0 Å². The Hall–Kier alpha value is -0.590. The zero-order chi connectivity index (χ0) is 12.1. The van der Waals surface area contributed by atoms with Gasteiger partial charge >= 0.3 is 0 Å². The Morgan fingerprint density at radius 2 is 1.88 bits per heavy atom. The molecule has 1 rings (SSSR count). The van der Waals surface area contributed by atoms with Gasteiger partial charge in [-0.1, -0.05) is 0 Å². The van der Waals surface area contributed by atoms with Crippen LogP contribution in [0.15, 0.2) is 21.1 Å². The van der Waals surface area contributed by atoms with Crippen molar-refractivity contribution < 1.29 is 9.53 Å². The lowest BCUT2D eigenvalue weighted by atomic mass is 10.2. The first-order valence-corrected chi connectivity index (χ1v) is 6.22. The smallest absolute Gasteiger partial charge is 0.220 e. The standard InChI is InChI=1S/C10H12Br2N2O2/c11-7-3-6(5-13)4-8(12)10(7)16-2-1-9(14)15/h3-4H,1-2,5,13H2,(H2,14,15). The number of carbonyl (C=O) groups excluding carboxylic acids is 1. The zero-order valence-corrected chi connectivity index (χ0v) is 11.7.